The fraction of sp³-hybridized carbons (Fsp3) is 0. The van der Waals surface area contributed by atoms with Gasteiger partial charge < -0.3 is 4.74 Å². The van der Waals surface area contributed by atoms with Crippen LogP contribution in [0.5, 0.6) is 11.6 Å². The van der Waals surface area contributed by atoms with Crippen molar-refractivity contribution >= 4 is 29.1 Å². The molecule has 0 saturated carbocycles. The average Bonchev–Trinajstić information content (AvgIpc) is 2.58. The zero-order chi connectivity index (χ0) is 16.9. The normalized spacial score (nSPS) is 10.4. The minimum absolute atomic E-state index is 0.139. The smallest absolute Gasteiger partial charge is 0.363 e. The molecule has 0 aliphatic rings. The second kappa shape index (κ2) is 7.24. The number of aromatic nitrogens is 3. The van der Waals surface area contributed by atoms with Crippen LogP contribution in [0.4, 0.5) is 5.69 Å². The number of hydrogen-bond donors (Lipinski definition) is 0. The molecule has 0 unspecified atom stereocenters. The van der Waals surface area contributed by atoms with E-state index in [-0.39, 0.29) is 16.6 Å². The second-order valence-electron chi connectivity index (χ2n) is 4.44. The summed E-state index contributed by atoms with van der Waals surface area (Å²) in [5.41, 5.74) is -0.304. The Labute approximate surface area is 145 Å². The number of nitro groups is 1. The molecule has 0 N–H and O–H groups in total. The predicted molar refractivity (Wildman–Crippen MR) is 88.6 cm³/mol. The summed E-state index contributed by atoms with van der Waals surface area (Å²) in [6.07, 6.45) is 4.23. The first-order chi connectivity index (χ1) is 11.6. The van der Waals surface area contributed by atoms with Crippen molar-refractivity contribution in [1.82, 2.24) is 15.0 Å². The van der Waals surface area contributed by atoms with E-state index in [1.807, 2.05) is 0 Å². The molecular formula is C15H9ClN4O3S. The average molecular weight is 361 g/mol. The Balaban J connectivity index is 1.96. The second-order valence-corrected chi connectivity index (χ2v) is 5.94. The Morgan fingerprint density at radius 2 is 1.96 bits per heavy atom. The summed E-state index contributed by atoms with van der Waals surface area (Å²) in [5.74, 6) is 0.209. The van der Waals surface area contributed by atoms with E-state index in [1.54, 1.807) is 42.6 Å². The van der Waals surface area contributed by atoms with E-state index < -0.39 is 4.92 Å². The summed E-state index contributed by atoms with van der Waals surface area (Å²) < 4.78 is 5.48. The highest BCUT2D eigenvalue weighted by molar-refractivity contribution is 7.99. The van der Waals surface area contributed by atoms with Crippen LogP contribution in [0, 0.1) is 10.1 Å². The molecule has 2 aromatic heterocycles. The zero-order valence-corrected chi connectivity index (χ0v) is 13.6. The van der Waals surface area contributed by atoms with Gasteiger partial charge in [0.2, 0.25) is 0 Å². The van der Waals surface area contributed by atoms with Gasteiger partial charge in [0.1, 0.15) is 12.1 Å². The summed E-state index contributed by atoms with van der Waals surface area (Å²) in [6, 6.07) is 10.2. The molecule has 0 bridgehead atoms. The fourth-order valence-electron chi connectivity index (χ4n) is 1.79. The Hall–Kier alpha value is -2.71. The maximum atomic E-state index is 11.5. The van der Waals surface area contributed by atoms with Crippen LogP contribution in [0.1, 0.15) is 0 Å². The number of benzene rings is 1. The molecule has 0 aliphatic heterocycles. The molecule has 120 valence electrons. The quantitative estimate of drug-likeness (QED) is 0.379. The molecular weight excluding hydrogens is 352 g/mol. The summed E-state index contributed by atoms with van der Waals surface area (Å²) in [6.45, 7) is 0. The molecule has 0 aliphatic carbocycles. The molecule has 9 heteroatoms. The van der Waals surface area contributed by atoms with Crippen molar-refractivity contribution in [2.45, 2.75) is 9.92 Å². The number of pyridine rings is 1. The minimum atomic E-state index is -0.566. The molecule has 1 aromatic carbocycles. The Morgan fingerprint density at radius 3 is 2.62 bits per heavy atom. The number of halogens is 1. The maximum absolute atomic E-state index is 11.5. The van der Waals surface area contributed by atoms with E-state index in [1.165, 1.54) is 12.5 Å². The van der Waals surface area contributed by atoms with Gasteiger partial charge in [-0.15, -0.1) is 0 Å². The lowest BCUT2D eigenvalue weighted by Gasteiger charge is -2.07. The van der Waals surface area contributed by atoms with Gasteiger partial charge in [0.05, 0.1) is 11.1 Å². The van der Waals surface area contributed by atoms with Crippen LogP contribution < -0.4 is 4.74 Å². The molecule has 0 fully saturated rings. The molecule has 0 radical (unpaired) electrons. The van der Waals surface area contributed by atoms with Crippen LogP contribution in [0.25, 0.3) is 0 Å². The van der Waals surface area contributed by atoms with Crippen molar-refractivity contribution in [1.29, 1.82) is 0 Å². The maximum Gasteiger partial charge on any atom is 0.363 e. The fourth-order valence-corrected chi connectivity index (χ4v) is 2.77. The van der Waals surface area contributed by atoms with Gasteiger partial charge in [-0.1, -0.05) is 23.4 Å². The van der Waals surface area contributed by atoms with Gasteiger partial charge in [-0.25, -0.2) is 4.98 Å². The number of hydrogen-bond acceptors (Lipinski definition) is 7. The van der Waals surface area contributed by atoms with Gasteiger partial charge in [0.25, 0.3) is 0 Å². The van der Waals surface area contributed by atoms with Gasteiger partial charge in [0.15, 0.2) is 5.03 Å². The van der Waals surface area contributed by atoms with Gasteiger partial charge in [-0.2, -0.15) is 4.98 Å². The topological polar surface area (TPSA) is 91.0 Å². The number of ether oxygens (including phenoxy) is 1. The molecule has 0 spiro atoms. The highest BCUT2D eigenvalue weighted by atomic mass is 35.5. The first-order valence-corrected chi connectivity index (χ1v) is 7.83. The minimum Gasteiger partial charge on any atom is -0.432 e. The molecule has 3 rings (SSSR count). The highest BCUT2D eigenvalue weighted by Gasteiger charge is 2.25. The van der Waals surface area contributed by atoms with Crippen molar-refractivity contribution in [3.05, 3.63) is 70.3 Å². The number of rotatable bonds is 5. The van der Waals surface area contributed by atoms with Gasteiger partial charge >= 0.3 is 11.6 Å². The predicted octanol–water partition coefficient (Wildman–Crippen LogP) is 4.38. The molecule has 3 aromatic rings. The van der Waals surface area contributed by atoms with E-state index >= 15 is 0 Å². The number of nitrogens with zero attached hydrogens (tertiary/aromatic N) is 4. The van der Waals surface area contributed by atoms with Crippen molar-refractivity contribution in [2.24, 2.45) is 0 Å². The third-order valence-corrected chi connectivity index (χ3v) is 4.07. The Kier molecular flexibility index (Phi) is 4.88. The molecule has 2 heterocycles. The molecule has 24 heavy (non-hydrogen) atoms. The van der Waals surface area contributed by atoms with E-state index in [2.05, 4.69) is 15.0 Å². The van der Waals surface area contributed by atoms with Crippen LogP contribution in [0.3, 0.4) is 0 Å². The largest absolute Gasteiger partial charge is 0.432 e. The van der Waals surface area contributed by atoms with Crippen molar-refractivity contribution < 1.29 is 9.66 Å². The van der Waals surface area contributed by atoms with Crippen LogP contribution in [-0.4, -0.2) is 19.9 Å². The van der Waals surface area contributed by atoms with E-state index in [4.69, 9.17) is 16.3 Å². The van der Waals surface area contributed by atoms with Gasteiger partial charge in [-0.05, 0) is 36.4 Å². The summed E-state index contributed by atoms with van der Waals surface area (Å²) in [7, 11) is 0. The lowest BCUT2D eigenvalue weighted by Crippen LogP contribution is -2.00. The van der Waals surface area contributed by atoms with E-state index in [0.29, 0.717) is 10.8 Å². The van der Waals surface area contributed by atoms with Crippen molar-refractivity contribution in [2.75, 3.05) is 0 Å². The summed E-state index contributed by atoms with van der Waals surface area (Å²) >= 11 is 6.97. The van der Waals surface area contributed by atoms with Crippen molar-refractivity contribution in [3.63, 3.8) is 0 Å². The monoisotopic (exact) mass is 360 g/mol. The molecule has 0 atom stereocenters. The van der Waals surface area contributed by atoms with Crippen LogP contribution in [0.2, 0.25) is 5.02 Å². The van der Waals surface area contributed by atoms with E-state index in [9.17, 15) is 10.1 Å². The zero-order valence-electron chi connectivity index (χ0n) is 12.0. The van der Waals surface area contributed by atoms with E-state index in [0.717, 1.165) is 16.7 Å². The van der Waals surface area contributed by atoms with Gasteiger partial charge in [0, 0.05) is 16.1 Å². The standard InChI is InChI=1S/C15H9ClN4O3S/c16-10-3-5-12(6-4-10)24-15-13(20(21)22)14(18-9-19-15)23-11-2-1-7-17-8-11/h1-9H. The lowest BCUT2D eigenvalue weighted by atomic mass is 10.4. The third-order valence-electron chi connectivity index (χ3n) is 2.81. The molecule has 7 nitrogen and oxygen atoms in total. The first kappa shape index (κ1) is 16.2. The summed E-state index contributed by atoms with van der Waals surface area (Å²) in [5, 5.41) is 12.2. The lowest BCUT2D eigenvalue weighted by molar-refractivity contribution is -0.389. The highest BCUT2D eigenvalue weighted by Crippen LogP contribution is 2.39. The Morgan fingerprint density at radius 1 is 1.17 bits per heavy atom. The first-order valence-electron chi connectivity index (χ1n) is 6.64. The van der Waals surface area contributed by atoms with Gasteiger partial charge in [-0.3, -0.25) is 15.1 Å². The summed E-state index contributed by atoms with van der Waals surface area (Å²) in [4.78, 5) is 23.4. The van der Waals surface area contributed by atoms with Crippen molar-refractivity contribution in [3.8, 4) is 11.6 Å². The Bertz CT molecular complexity index is 862. The van der Waals surface area contributed by atoms with Crippen LogP contribution >= 0.6 is 23.4 Å². The molecule has 0 saturated heterocycles. The van der Waals surface area contributed by atoms with Crippen LogP contribution in [-0.2, 0) is 0 Å². The third kappa shape index (κ3) is 3.79. The molecule has 0 amide bonds. The van der Waals surface area contributed by atoms with Crippen LogP contribution in [0.15, 0.2) is 65.0 Å². The SMILES string of the molecule is O=[N+]([O-])c1c(Oc2cccnc2)ncnc1Sc1ccc(Cl)cc1.